The Morgan fingerprint density at radius 1 is 1.10 bits per heavy atom. The molecule has 0 saturated carbocycles. The first-order chi connectivity index (χ1) is 9.86. The van der Waals surface area contributed by atoms with Crippen LogP contribution >= 0.6 is 11.3 Å². The van der Waals surface area contributed by atoms with Gasteiger partial charge in [0.15, 0.2) is 0 Å². The molecule has 0 aliphatic heterocycles. The van der Waals surface area contributed by atoms with Gasteiger partial charge in [-0.1, -0.05) is 12.1 Å². The molecule has 0 aliphatic rings. The van der Waals surface area contributed by atoms with Gasteiger partial charge in [0.05, 0.1) is 10.7 Å². The standard InChI is InChI=1S/C15H17F3N2S/c1-4-20(5-2)12-8-6-11(7-9-12)13-14(15(16,17)18)21-10(3)19-13/h6-9H,4-5H2,1-3H3. The van der Waals surface area contributed by atoms with Crippen molar-refractivity contribution < 1.29 is 13.2 Å². The Kier molecular flexibility index (Phi) is 4.56. The molecule has 2 rings (SSSR count). The molecule has 6 heteroatoms. The van der Waals surface area contributed by atoms with Crippen LogP contribution in [0.2, 0.25) is 0 Å². The SMILES string of the molecule is CCN(CC)c1ccc(-c2nc(C)sc2C(F)(F)F)cc1. The first kappa shape index (κ1) is 15.8. The highest BCUT2D eigenvalue weighted by Gasteiger charge is 2.37. The van der Waals surface area contributed by atoms with Gasteiger partial charge in [-0.15, -0.1) is 11.3 Å². The van der Waals surface area contributed by atoms with Gasteiger partial charge < -0.3 is 4.90 Å². The quantitative estimate of drug-likeness (QED) is 0.791. The van der Waals surface area contributed by atoms with E-state index in [9.17, 15) is 13.2 Å². The number of hydrogen-bond donors (Lipinski definition) is 0. The normalized spacial score (nSPS) is 11.7. The number of thiazole rings is 1. The van der Waals surface area contributed by atoms with E-state index in [0.717, 1.165) is 18.8 Å². The summed E-state index contributed by atoms with van der Waals surface area (Å²) in [5.41, 5.74) is 1.53. The van der Waals surface area contributed by atoms with Crippen molar-refractivity contribution in [3.63, 3.8) is 0 Å². The Balaban J connectivity index is 2.40. The number of aryl methyl sites for hydroxylation is 1. The highest BCUT2D eigenvalue weighted by atomic mass is 32.1. The fraction of sp³-hybridized carbons (Fsp3) is 0.400. The minimum Gasteiger partial charge on any atom is -0.372 e. The van der Waals surface area contributed by atoms with Crippen LogP contribution in [0.25, 0.3) is 11.3 Å². The van der Waals surface area contributed by atoms with Crippen LogP contribution in [0.3, 0.4) is 0 Å². The van der Waals surface area contributed by atoms with Crippen molar-refractivity contribution in [3.05, 3.63) is 34.2 Å². The third-order valence-electron chi connectivity index (χ3n) is 3.26. The molecule has 0 unspecified atom stereocenters. The van der Waals surface area contributed by atoms with Crippen LogP contribution in [0.1, 0.15) is 23.7 Å². The van der Waals surface area contributed by atoms with E-state index in [4.69, 9.17) is 0 Å². The van der Waals surface area contributed by atoms with Gasteiger partial charge in [-0.05, 0) is 32.9 Å². The molecule has 0 spiro atoms. The molecule has 0 N–H and O–H groups in total. The van der Waals surface area contributed by atoms with Gasteiger partial charge in [0.2, 0.25) is 0 Å². The third kappa shape index (κ3) is 3.37. The fourth-order valence-electron chi connectivity index (χ4n) is 2.23. The van der Waals surface area contributed by atoms with Crippen molar-refractivity contribution in [2.75, 3.05) is 18.0 Å². The number of halogens is 3. The monoisotopic (exact) mass is 314 g/mol. The molecule has 0 fully saturated rings. The van der Waals surface area contributed by atoms with E-state index in [2.05, 4.69) is 9.88 Å². The van der Waals surface area contributed by atoms with Crippen molar-refractivity contribution in [1.82, 2.24) is 4.98 Å². The minimum atomic E-state index is -4.36. The van der Waals surface area contributed by atoms with E-state index in [0.29, 0.717) is 21.9 Å². The molecule has 2 nitrogen and oxygen atoms in total. The molecular weight excluding hydrogens is 297 g/mol. The maximum atomic E-state index is 13.0. The van der Waals surface area contributed by atoms with Crippen LogP contribution in [0.5, 0.6) is 0 Å². The Hall–Kier alpha value is -1.56. The summed E-state index contributed by atoms with van der Waals surface area (Å²) in [6, 6.07) is 7.10. The zero-order valence-corrected chi connectivity index (χ0v) is 13.0. The first-order valence-electron chi connectivity index (χ1n) is 6.76. The molecule has 0 bridgehead atoms. The Morgan fingerprint density at radius 2 is 1.67 bits per heavy atom. The number of rotatable bonds is 4. The molecule has 0 saturated heterocycles. The van der Waals surface area contributed by atoms with Crippen LogP contribution in [0, 0.1) is 6.92 Å². The first-order valence-corrected chi connectivity index (χ1v) is 7.58. The number of hydrogen-bond acceptors (Lipinski definition) is 3. The van der Waals surface area contributed by atoms with Crippen LogP contribution < -0.4 is 4.90 Å². The van der Waals surface area contributed by atoms with Crippen molar-refractivity contribution in [2.24, 2.45) is 0 Å². The van der Waals surface area contributed by atoms with Crippen molar-refractivity contribution >= 4 is 17.0 Å². The summed E-state index contributed by atoms with van der Waals surface area (Å²) in [5.74, 6) is 0. The lowest BCUT2D eigenvalue weighted by atomic mass is 10.1. The summed E-state index contributed by atoms with van der Waals surface area (Å²) in [7, 11) is 0. The molecule has 1 aromatic carbocycles. The molecule has 2 aromatic rings. The zero-order valence-electron chi connectivity index (χ0n) is 12.2. The second-order valence-corrected chi connectivity index (χ2v) is 5.83. The number of anilines is 1. The number of benzene rings is 1. The molecular formula is C15H17F3N2S. The summed E-state index contributed by atoms with van der Waals surface area (Å²) < 4.78 is 39.1. The topological polar surface area (TPSA) is 16.1 Å². The molecule has 1 aromatic heterocycles. The predicted octanol–water partition coefficient (Wildman–Crippen LogP) is 4.98. The van der Waals surface area contributed by atoms with Gasteiger partial charge in [0, 0.05) is 24.3 Å². The fourth-order valence-corrected chi connectivity index (χ4v) is 3.04. The minimum absolute atomic E-state index is 0.0242. The molecule has 0 aliphatic carbocycles. The average Bonchev–Trinajstić information content (AvgIpc) is 2.83. The Morgan fingerprint density at radius 3 is 2.14 bits per heavy atom. The van der Waals surface area contributed by atoms with Crippen LogP contribution in [-0.2, 0) is 6.18 Å². The molecule has 114 valence electrons. The van der Waals surface area contributed by atoms with Gasteiger partial charge in [0.25, 0.3) is 0 Å². The highest BCUT2D eigenvalue weighted by Crippen LogP contribution is 2.40. The van der Waals surface area contributed by atoms with Crippen molar-refractivity contribution in [3.8, 4) is 11.3 Å². The van der Waals surface area contributed by atoms with Crippen LogP contribution in [0.15, 0.2) is 24.3 Å². The van der Waals surface area contributed by atoms with E-state index in [-0.39, 0.29) is 5.69 Å². The van der Waals surface area contributed by atoms with Crippen molar-refractivity contribution in [1.29, 1.82) is 0 Å². The largest absolute Gasteiger partial charge is 0.427 e. The van der Waals surface area contributed by atoms with Gasteiger partial charge in [-0.3, -0.25) is 0 Å². The van der Waals surface area contributed by atoms with E-state index >= 15 is 0 Å². The Bertz CT molecular complexity index is 598. The lowest BCUT2D eigenvalue weighted by Gasteiger charge is -2.21. The highest BCUT2D eigenvalue weighted by molar-refractivity contribution is 7.12. The Labute approximate surface area is 126 Å². The zero-order chi connectivity index (χ0) is 15.6. The molecule has 21 heavy (non-hydrogen) atoms. The van der Waals surface area contributed by atoms with Crippen LogP contribution in [0.4, 0.5) is 18.9 Å². The summed E-state index contributed by atoms with van der Waals surface area (Å²) in [6.45, 7) is 7.40. The summed E-state index contributed by atoms with van der Waals surface area (Å²) in [4.78, 5) is 5.56. The van der Waals surface area contributed by atoms with Gasteiger partial charge in [0.1, 0.15) is 4.88 Å². The van der Waals surface area contributed by atoms with E-state index < -0.39 is 11.1 Å². The molecule has 0 atom stereocenters. The lowest BCUT2D eigenvalue weighted by molar-refractivity contribution is -0.134. The maximum Gasteiger partial charge on any atom is 0.427 e. The van der Waals surface area contributed by atoms with Gasteiger partial charge >= 0.3 is 6.18 Å². The number of aromatic nitrogens is 1. The van der Waals surface area contributed by atoms with E-state index in [1.165, 1.54) is 0 Å². The second-order valence-electron chi connectivity index (χ2n) is 4.63. The smallest absolute Gasteiger partial charge is 0.372 e. The van der Waals surface area contributed by atoms with Gasteiger partial charge in [-0.2, -0.15) is 13.2 Å². The average molecular weight is 314 g/mol. The lowest BCUT2D eigenvalue weighted by Crippen LogP contribution is -2.21. The van der Waals surface area contributed by atoms with Crippen molar-refractivity contribution in [2.45, 2.75) is 26.9 Å². The predicted molar refractivity (Wildman–Crippen MR) is 80.9 cm³/mol. The second kappa shape index (κ2) is 6.05. The maximum absolute atomic E-state index is 13.0. The van der Waals surface area contributed by atoms with Gasteiger partial charge in [-0.25, -0.2) is 4.98 Å². The molecule has 0 amide bonds. The number of nitrogens with zero attached hydrogens (tertiary/aromatic N) is 2. The summed E-state index contributed by atoms with van der Waals surface area (Å²) in [5, 5.41) is 0.421. The third-order valence-corrected chi connectivity index (χ3v) is 4.28. The van der Waals surface area contributed by atoms with E-state index in [1.807, 2.05) is 26.0 Å². The van der Waals surface area contributed by atoms with E-state index in [1.54, 1.807) is 19.1 Å². The van der Waals surface area contributed by atoms with Crippen LogP contribution in [-0.4, -0.2) is 18.1 Å². The molecule has 0 radical (unpaired) electrons. The summed E-state index contributed by atoms with van der Waals surface area (Å²) >= 11 is 0.689. The number of alkyl halides is 3. The molecule has 1 heterocycles. The summed E-state index contributed by atoms with van der Waals surface area (Å²) in [6.07, 6.45) is -4.36.